The largest absolute Gasteiger partial charge is 0.366 e. The quantitative estimate of drug-likeness (QED) is 0.833. The topological polar surface area (TPSA) is 93.0 Å². The van der Waals surface area contributed by atoms with Crippen molar-refractivity contribution in [3.63, 3.8) is 0 Å². The lowest BCUT2D eigenvalue weighted by Crippen LogP contribution is -2.11. The number of fused-ring (bicyclic) bond motifs is 1. The summed E-state index contributed by atoms with van der Waals surface area (Å²) in [5.41, 5.74) is 7.67. The monoisotopic (exact) mass is 384 g/mol. The average molecular weight is 385 g/mol. The van der Waals surface area contributed by atoms with E-state index < -0.39 is 15.7 Å². The van der Waals surface area contributed by atoms with Gasteiger partial charge in [0.25, 0.3) is 5.91 Å². The highest BCUT2D eigenvalue weighted by atomic mass is 79.9. The minimum atomic E-state index is -2.92. The Labute approximate surface area is 137 Å². The first-order chi connectivity index (χ1) is 10.4. The first kappa shape index (κ1) is 15.6. The molecule has 0 saturated carbocycles. The van der Waals surface area contributed by atoms with E-state index in [-0.39, 0.29) is 17.4 Å². The summed E-state index contributed by atoms with van der Waals surface area (Å²) >= 11 is 3.41. The van der Waals surface area contributed by atoms with Gasteiger partial charge in [0, 0.05) is 16.1 Å². The highest BCUT2D eigenvalue weighted by Gasteiger charge is 2.25. The Kier molecular flexibility index (Phi) is 4.03. The van der Waals surface area contributed by atoms with Crippen molar-refractivity contribution >= 4 is 42.6 Å². The summed E-state index contributed by atoms with van der Waals surface area (Å²) in [4.78, 5) is 14.7. The van der Waals surface area contributed by atoms with Crippen molar-refractivity contribution < 1.29 is 13.2 Å². The number of amides is 1. The lowest BCUT2D eigenvalue weighted by atomic mass is 9.91. The summed E-state index contributed by atoms with van der Waals surface area (Å²) < 4.78 is 24.3. The maximum atomic E-state index is 11.8. The maximum Gasteiger partial charge on any atom is 0.250 e. The number of nitrogens with one attached hydrogen (secondary N) is 1. The third-order valence-corrected chi connectivity index (χ3v) is 6.50. The Bertz CT molecular complexity index is 842. The van der Waals surface area contributed by atoms with Crippen LogP contribution in [-0.4, -0.2) is 30.8 Å². The van der Waals surface area contributed by atoms with Gasteiger partial charge in [-0.1, -0.05) is 15.9 Å². The molecule has 0 radical (unpaired) electrons. The van der Waals surface area contributed by atoms with Crippen LogP contribution in [-0.2, 0) is 9.84 Å². The van der Waals surface area contributed by atoms with Gasteiger partial charge in [0.15, 0.2) is 0 Å². The maximum absolute atomic E-state index is 11.8. The Morgan fingerprint density at radius 3 is 2.77 bits per heavy atom. The fourth-order valence-electron chi connectivity index (χ4n) is 3.18. The van der Waals surface area contributed by atoms with Crippen molar-refractivity contribution in [2.24, 2.45) is 5.73 Å². The second-order valence-corrected chi connectivity index (χ2v) is 8.98. The van der Waals surface area contributed by atoms with Crippen LogP contribution in [0.1, 0.15) is 41.1 Å². The van der Waals surface area contributed by atoms with Crippen molar-refractivity contribution in [2.75, 3.05) is 11.5 Å². The second-order valence-electron chi connectivity index (χ2n) is 5.76. The zero-order valence-electron chi connectivity index (χ0n) is 11.9. The lowest BCUT2D eigenvalue weighted by Gasteiger charge is -2.13. The molecule has 2 heterocycles. The molecule has 1 aromatic carbocycles. The number of halogens is 1. The molecule has 1 aliphatic heterocycles. The van der Waals surface area contributed by atoms with E-state index in [2.05, 4.69) is 20.9 Å². The predicted octanol–water partition coefficient (Wildman–Crippen LogP) is 2.71. The van der Waals surface area contributed by atoms with Crippen molar-refractivity contribution in [2.45, 2.75) is 25.2 Å². The number of sulfone groups is 1. The van der Waals surface area contributed by atoms with Crippen LogP contribution in [0.25, 0.3) is 10.9 Å². The van der Waals surface area contributed by atoms with E-state index in [0.717, 1.165) is 27.4 Å². The third-order valence-electron chi connectivity index (χ3n) is 4.28. The number of hydrogen-bond donors (Lipinski definition) is 2. The van der Waals surface area contributed by atoms with Gasteiger partial charge in [-0.15, -0.1) is 0 Å². The van der Waals surface area contributed by atoms with Gasteiger partial charge in [-0.25, -0.2) is 8.42 Å². The highest BCUT2D eigenvalue weighted by Crippen LogP contribution is 2.36. The molecule has 3 N–H and O–H groups in total. The Morgan fingerprint density at radius 2 is 2.05 bits per heavy atom. The molecule has 0 bridgehead atoms. The third kappa shape index (κ3) is 2.92. The van der Waals surface area contributed by atoms with Gasteiger partial charge >= 0.3 is 0 Å². The molecule has 118 valence electrons. The number of H-pyrrole nitrogens is 1. The zero-order valence-corrected chi connectivity index (χ0v) is 14.3. The van der Waals surface area contributed by atoms with Gasteiger partial charge in [0.1, 0.15) is 9.84 Å². The van der Waals surface area contributed by atoms with Gasteiger partial charge in [-0.2, -0.15) is 0 Å². The number of aromatic nitrogens is 1. The molecule has 1 fully saturated rings. The van der Waals surface area contributed by atoms with Gasteiger partial charge < -0.3 is 10.7 Å². The molecule has 22 heavy (non-hydrogen) atoms. The van der Waals surface area contributed by atoms with Crippen molar-refractivity contribution in [1.29, 1.82) is 0 Å². The molecule has 1 aromatic heterocycles. The van der Waals surface area contributed by atoms with Crippen LogP contribution < -0.4 is 5.73 Å². The summed E-state index contributed by atoms with van der Waals surface area (Å²) in [6.45, 7) is 0. The number of nitrogens with two attached hydrogens (primary N) is 1. The van der Waals surface area contributed by atoms with E-state index in [1.807, 2.05) is 12.3 Å². The number of benzene rings is 1. The molecular weight excluding hydrogens is 368 g/mol. The average Bonchev–Trinajstić information content (AvgIpc) is 2.76. The second kappa shape index (κ2) is 5.70. The predicted molar refractivity (Wildman–Crippen MR) is 89.8 cm³/mol. The van der Waals surface area contributed by atoms with Crippen LogP contribution in [0.5, 0.6) is 0 Å². The molecule has 1 saturated heterocycles. The zero-order chi connectivity index (χ0) is 15.9. The first-order valence-electron chi connectivity index (χ1n) is 7.18. The molecule has 5 nitrogen and oxygen atoms in total. The highest BCUT2D eigenvalue weighted by molar-refractivity contribution is 9.10. The van der Waals surface area contributed by atoms with Gasteiger partial charge in [-0.05, 0) is 42.9 Å². The minimum Gasteiger partial charge on any atom is -0.366 e. The number of aromatic amines is 1. The Hall–Kier alpha value is -1.34. The van der Waals surface area contributed by atoms with Crippen molar-refractivity contribution in [1.82, 2.24) is 4.98 Å². The molecule has 1 aliphatic rings. The van der Waals surface area contributed by atoms with Crippen molar-refractivity contribution in [3.05, 3.63) is 33.9 Å². The van der Waals surface area contributed by atoms with E-state index in [0.29, 0.717) is 18.4 Å². The first-order valence-corrected chi connectivity index (χ1v) is 9.79. The lowest BCUT2D eigenvalue weighted by molar-refractivity contribution is 0.100. The van der Waals surface area contributed by atoms with E-state index >= 15 is 0 Å². The molecule has 7 heteroatoms. The normalized spacial score (nSPS) is 21.6. The SMILES string of the molecule is NC(=O)c1cc(Br)cc2c(C3CCCS(=O)(=O)CC3)c[nH]c12. The summed E-state index contributed by atoms with van der Waals surface area (Å²) in [5.74, 6) is 0.188. The van der Waals surface area contributed by atoms with Gasteiger partial charge in [0.2, 0.25) is 0 Å². The number of primary amides is 1. The molecular formula is C15H17BrN2O3S. The molecule has 1 amide bonds. The van der Waals surface area contributed by atoms with E-state index in [1.54, 1.807) is 6.07 Å². The summed E-state index contributed by atoms with van der Waals surface area (Å²) in [5, 5.41) is 0.937. The van der Waals surface area contributed by atoms with Crippen LogP contribution in [0.15, 0.2) is 22.8 Å². The standard InChI is InChI=1S/C15H17BrN2O3S/c16-10-6-11-13(8-18-14(11)12(7-10)15(17)19)9-2-1-4-22(20,21)5-3-9/h6-9,18H,1-5H2,(H2,17,19). The molecule has 1 atom stereocenters. The molecule has 0 spiro atoms. The smallest absolute Gasteiger partial charge is 0.250 e. The van der Waals surface area contributed by atoms with Crippen LogP contribution in [0.4, 0.5) is 0 Å². The number of carbonyl (C=O) groups excluding carboxylic acids is 1. The van der Waals surface area contributed by atoms with Gasteiger partial charge in [-0.3, -0.25) is 4.79 Å². The number of rotatable bonds is 2. The van der Waals surface area contributed by atoms with Crippen molar-refractivity contribution in [3.8, 4) is 0 Å². The van der Waals surface area contributed by atoms with E-state index in [9.17, 15) is 13.2 Å². The minimum absolute atomic E-state index is 0.182. The van der Waals surface area contributed by atoms with Crippen LogP contribution in [0.3, 0.4) is 0 Å². The van der Waals surface area contributed by atoms with Crippen LogP contribution >= 0.6 is 15.9 Å². The fraction of sp³-hybridized carbons (Fsp3) is 0.400. The number of carbonyl (C=O) groups is 1. The van der Waals surface area contributed by atoms with Gasteiger partial charge in [0.05, 0.1) is 22.6 Å². The summed E-state index contributed by atoms with van der Waals surface area (Å²) in [6, 6.07) is 3.65. The molecule has 0 aliphatic carbocycles. The summed E-state index contributed by atoms with van der Waals surface area (Å²) in [7, 11) is -2.92. The van der Waals surface area contributed by atoms with Crippen LogP contribution in [0, 0.1) is 0 Å². The Morgan fingerprint density at radius 1 is 1.27 bits per heavy atom. The summed E-state index contributed by atoms with van der Waals surface area (Å²) in [6.07, 6.45) is 4.01. The fourth-order valence-corrected chi connectivity index (χ4v) is 5.09. The molecule has 2 aromatic rings. The van der Waals surface area contributed by atoms with E-state index in [4.69, 9.17) is 5.73 Å². The number of hydrogen-bond acceptors (Lipinski definition) is 3. The van der Waals surface area contributed by atoms with Crippen LogP contribution in [0.2, 0.25) is 0 Å². The Balaban J connectivity index is 2.07. The molecule has 1 unspecified atom stereocenters. The molecule has 3 rings (SSSR count). The van der Waals surface area contributed by atoms with E-state index in [1.165, 1.54) is 0 Å².